The first-order chi connectivity index (χ1) is 12.1. The lowest BCUT2D eigenvalue weighted by molar-refractivity contribution is -0.138. The van der Waals surface area contributed by atoms with Crippen molar-refractivity contribution in [3.05, 3.63) is 30.3 Å². The van der Waals surface area contributed by atoms with Gasteiger partial charge in [-0.1, -0.05) is 24.6 Å². The molecule has 2 amide bonds. The molecule has 2 atom stereocenters. The van der Waals surface area contributed by atoms with Crippen LogP contribution in [0.5, 0.6) is 0 Å². The topological polar surface area (TPSA) is 52.7 Å². The smallest absolute Gasteiger partial charge is 0.244 e. The molecule has 1 aliphatic heterocycles. The molecule has 3 rings (SSSR count). The van der Waals surface area contributed by atoms with Gasteiger partial charge in [0.25, 0.3) is 0 Å². The van der Waals surface area contributed by atoms with Crippen LogP contribution in [0.2, 0.25) is 0 Å². The molecule has 1 N–H and O–H groups in total. The summed E-state index contributed by atoms with van der Waals surface area (Å²) in [7, 11) is 1.87. The van der Waals surface area contributed by atoms with Crippen LogP contribution in [0.3, 0.4) is 0 Å². The maximum atomic E-state index is 12.7. The first-order valence-electron chi connectivity index (χ1n) is 9.43. The molecule has 0 unspecified atom stereocenters. The Kier molecular flexibility index (Phi) is 5.61. The molecular weight excluding hydrogens is 314 g/mol. The zero-order valence-corrected chi connectivity index (χ0v) is 15.3. The van der Waals surface area contributed by atoms with Gasteiger partial charge in [0.05, 0.1) is 0 Å². The first-order valence-corrected chi connectivity index (χ1v) is 9.43. The van der Waals surface area contributed by atoms with E-state index in [-0.39, 0.29) is 23.8 Å². The van der Waals surface area contributed by atoms with Crippen molar-refractivity contribution in [1.29, 1.82) is 0 Å². The maximum Gasteiger partial charge on any atom is 0.244 e. The molecule has 1 heterocycles. The van der Waals surface area contributed by atoms with Crippen LogP contribution in [0.1, 0.15) is 39.0 Å². The van der Waals surface area contributed by atoms with Crippen molar-refractivity contribution in [2.24, 2.45) is 5.92 Å². The molecular formula is C20H29N3O2. The Morgan fingerprint density at radius 2 is 1.88 bits per heavy atom. The predicted molar refractivity (Wildman–Crippen MR) is 99.4 cm³/mol. The van der Waals surface area contributed by atoms with Gasteiger partial charge >= 0.3 is 0 Å². The summed E-state index contributed by atoms with van der Waals surface area (Å²) in [4.78, 5) is 29.0. The Morgan fingerprint density at radius 3 is 2.52 bits per heavy atom. The fourth-order valence-corrected chi connectivity index (χ4v) is 3.69. The average molecular weight is 343 g/mol. The van der Waals surface area contributed by atoms with E-state index in [2.05, 4.69) is 22.3 Å². The number of para-hydroxylation sites is 1. The largest absolute Gasteiger partial charge is 0.369 e. The Balaban J connectivity index is 1.56. The van der Waals surface area contributed by atoms with Crippen LogP contribution in [0.25, 0.3) is 0 Å². The fraction of sp³-hybridized carbons (Fsp3) is 0.600. The van der Waals surface area contributed by atoms with E-state index in [4.69, 9.17) is 0 Å². The highest BCUT2D eigenvalue weighted by molar-refractivity contribution is 5.88. The number of likely N-dealkylation sites (N-methyl/N-ethyl adjacent to an activating group) is 1. The second-order valence-electron chi connectivity index (χ2n) is 7.38. The number of benzene rings is 1. The quantitative estimate of drug-likeness (QED) is 0.893. The molecule has 0 radical (unpaired) electrons. The summed E-state index contributed by atoms with van der Waals surface area (Å²) in [5.74, 6) is 0.159. The highest BCUT2D eigenvalue weighted by Crippen LogP contribution is 2.26. The van der Waals surface area contributed by atoms with E-state index in [1.165, 1.54) is 5.69 Å². The van der Waals surface area contributed by atoms with Crippen molar-refractivity contribution in [1.82, 2.24) is 10.2 Å². The lowest BCUT2D eigenvalue weighted by Gasteiger charge is -2.39. The van der Waals surface area contributed by atoms with Crippen LogP contribution >= 0.6 is 0 Å². The Labute approximate surface area is 150 Å². The van der Waals surface area contributed by atoms with E-state index >= 15 is 0 Å². The van der Waals surface area contributed by atoms with Gasteiger partial charge in [-0.15, -0.1) is 0 Å². The van der Waals surface area contributed by atoms with Crippen molar-refractivity contribution >= 4 is 17.5 Å². The number of carbonyl (C=O) groups is 2. The molecule has 1 saturated carbocycles. The van der Waals surface area contributed by atoms with Crippen LogP contribution in [0.4, 0.5) is 5.69 Å². The Bertz CT molecular complexity index is 600. The molecule has 2 fully saturated rings. The van der Waals surface area contributed by atoms with Gasteiger partial charge in [0.2, 0.25) is 11.8 Å². The number of anilines is 1. The summed E-state index contributed by atoms with van der Waals surface area (Å²) in [6, 6.07) is 10.1. The predicted octanol–water partition coefficient (Wildman–Crippen LogP) is 2.42. The van der Waals surface area contributed by atoms with Gasteiger partial charge in [-0.05, 0) is 44.7 Å². The number of nitrogens with one attached hydrogen (secondary N) is 1. The molecule has 0 spiro atoms. The Morgan fingerprint density at radius 1 is 1.16 bits per heavy atom. The molecule has 0 bridgehead atoms. The number of hydrogen-bond donors (Lipinski definition) is 1. The van der Waals surface area contributed by atoms with Gasteiger partial charge in [0.15, 0.2) is 0 Å². The number of amides is 2. The summed E-state index contributed by atoms with van der Waals surface area (Å²) >= 11 is 0. The van der Waals surface area contributed by atoms with Crippen LogP contribution in [-0.4, -0.2) is 48.9 Å². The summed E-state index contributed by atoms with van der Waals surface area (Å²) in [6.45, 7) is 3.67. The molecule has 0 aromatic heterocycles. The zero-order chi connectivity index (χ0) is 17.8. The maximum absolute atomic E-state index is 12.7. The lowest BCUT2D eigenvalue weighted by atomic mass is 9.84. The van der Waals surface area contributed by atoms with Gasteiger partial charge in [-0.3, -0.25) is 9.59 Å². The van der Waals surface area contributed by atoms with E-state index in [0.29, 0.717) is 0 Å². The van der Waals surface area contributed by atoms with Crippen molar-refractivity contribution in [3.63, 3.8) is 0 Å². The minimum atomic E-state index is -0.454. The van der Waals surface area contributed by atoms with Gasteiger partial charge in [0, 0.05) is 37.8 Å². The molecule has 1 aromatic carbocycles. The zero-order valence-electron chi connectivity index (χ0n) is 15.3. The van der Waals surface area contributed by atoms with Gasteiger partial charge < -0.3 is 15.1 Å². The van der Waals surface area contributed by atoms with Crippen molar-refractivity contribution in [3.8, 4) is 0 Å². The monoisotopic (exact) mass is 343 g/mol. The summed E-state index contributed by atoms with van der Waals surface area (Å²) < 4.78 is 0. The minimum absolute atomic E-state index is 0.00702. The van der Waals surface area contributed by atoms with Crippen molar-refractivity contribution in [2.45, 2.75) is 51.1 Å². The molecule has 25 heavy (non-hydrogen) atoms. The summed E-state index contributed by atoms with van der Waals surface area (Å²) in [5.41, 5.74) is 1.21. The molecule has 1 aromatic rings. The van der Waals surface area contributed by atoms with Crippen LogP contribution in [0.15, 0.2) is 30.3 Å². The van der Waals surface area contributed by atoms with E-state index in [1.54, 1.807) is 6.92 Å². The summed E-state index contributed by atoms with van der Waals surface area (Å²) in [6.07, 6.45) is 5.11. The van der Waals surface area contributed by atoms with E-state index in [0.717, 1.165) is 45.2 Å². The molecule has 1 aliphatic carbocycles. The van der Waals surface area contributed by atoms with E-state index in [9.17, 15) is 9.59 Å². The van der Waals surface area contributed by atoms with Crippen LogP contribution in [-0.2, 0) is 9.59 Å². The normalized spacial score (nSPS) is 22.0. The second-order valence-corrected chi connectivity index (χ2v) is 7.38. The second kappa shape index (κ2) is 7.89. The number of piperidine rings is 1. The van der Waals surface area contributed by atoms with Gasteiger partial charge in [-0.2, -0.15) is 0 Å². The third kappa shape index (κ3) is 4.14. The average Bonchev–Trinajstić information content (AvgIpc) is 2.59. The number of nitrogens with zero attached hydrogens (tertiary/aromatic N) is 2. The third-order valence-electron chi connectivity index (χ3n) is 5.62. The van der Waals surface area contributed by atoms with Gasteiger partial charge in [-0.25, -0.2) is 0 Å². The first kappa shape index (κ1) is 17.8. The number of rotatable bonds is 5. The standard InChI is InChI=1S/C20H29N3O2/c1-15(21-19(24)16-8-6-9-16)20(25)22(2)18-12-7-13-23(14-18)17-10-4-3-5-11-17/h3-5,10-11,15-16,18H,6-9,12-14H2,1-2H3,(H,21,24)/t15-,18+/m0/s1. The number of hydrogen-bond acceptors (Lipinski definition) is 3. The Hall–Kier alpha value is -2.04. The van der Waals surface area contributed by atoms with Gasteiger partial charge in [0.1, 0.15) is 6.04 Å². The third-order valence-corrected chi connectivity index (χ3v) is 5.62. The number of carbonyl (C=O) groups excluding carboxylic acids is 2. The highest BCUT2D eigenvalue weighted by Gasteiger charge is 2.31. The molecule has 2 aliphatic rings. The van der Waals surface area contributed by atoms with Crippen LogP contribution < -0.4 is 10.2 Å². The fourth-order valence-electron chi connectivity index (χ4n) is 3.69. The molecule has 136 valence electrons. The minimum Gasteiger partial charge on any atom is -0.369 e. The van der Waals surface area contributed by atoms with E-state index < -0.39 is 6.04 Å². The van der Waals surface area contributed by atoms with Crippen LogP contribution in [0, 0.1) is 5.92 Å². The summed E-state index contributed by atoms with van der Waals surface area (Å²) in [5, 5.41) is 2.90. The van der Waals surface area contributed by atoms with Crippen molar-refractivity contribution < 1.29 is 9.59 Å². The molecule has 5 nitrogen and oxygen atoms in total. The molecule has 5 heteroatoms. The highest BCUT2D eigenvalue weighted by atomic mass is 16.2. The lowest BCUT2D eigenvalue weighted by Crippen LogP contribution is -2.54. The van der Waals surface area contributed by atoms with Crippen molar-refractivity contribution in [2.75, 3.05) is 25.0 Å². The SMILES string of the molecule is C[C@H](NC(=O)C1CCC1)C(=O)N(C)[C@@H]1CCCN(c2ccccc2)C1. The molecule has 1 saturated heterocycles. The van der Waals surface area contributed by atoms with E-state index in [1.807, 2.05) is 30.1 Å².